The molecule has 1 heterocycles. The van der Waals surface area contributed by atoms with Crippen LogP contribution in [0.25, 0.3) is 0 Å². The molecule has 1 saturated carbocycles. The largest absolute Gasteiger partial charge is 0.384 e. The van der Waals surface area contributed by atoms with E-state index in [1.54, 1.807) is 17.0 Å². The fourth-order valence-electron chi connectivity index (χ4n) is 5.57. The van der Waals surface area contributed by atoms with E-state index < -0.39 is 11.6 Å². The van der Waals surface area contributed by atoms with Crippen molar-refractivity contribution in [1.82, 2.24) is 10.2 Å². The number of rotatable bonds is 8. The van der Waals surface area contributed by atoms with E-state index in [1.165, 1.54) is 0 Å². The van der Waals surface area contributed by atoms with E-state index in [2.05, 4.69) is 5.32 Å². The number of nitrogen functional groups attached to an aromatic ring is 1. The Morgan fingerprint density at radius 3 is 2.00 bits per heavy atom. The van der Waals surface area contributed by atoms with Crippen LogP contribution in [0.4, 0.5) is 0 Å². The molecular weight excluding hydrogens is 521 g/mol. The summed E-state index contributed by atoms with van der Waals surface area (Å²) in [6.07, 6.45) is 1.47. The fourth-order valence-corrected chi connectivity index (χ4v) is 5.57. The van der Waals surface area contributed by atoms with Crippen LogP contribution in [-0.4, -0.2) is 40.7 Å². The molecule has 200 valence electrons. The average molecular weight is 555 g/mol. The Balaban J connectivity index is 0.00000200. The number of carbonyl (C=O) groups is 2. The first-order valence-corrected chi connectivity index (χ1v) is 12.3. The van der Waals surface area contributed by atoms with Crippen LogP contribution >= 0.6 is 24.8 Å². The lowest BCUT2D eigenvalue weighted by Gasteiger charge is -2.33. The minimum Gasteiger partial charge on any atom is -0.384 e. The highest BCUT2D eigenvalue weighted by molar-refractivity contribution is 5.97. The molecule has 0 bridgehead atoms. The normalized spacial score (nSPS) is 19.9. The quantitative estimate of drug-likeness (QED) is 0.251. The third-order valence-corrected chi connectivity index (χ3v) is 7.59. The number of benzene rings is 3. The molecule has 2 fully saturated rings. The third-order valence-electron chi connectivity index (χ3n) is 7.59. The molecule has 7 nitrogen and oxygen atoms in total. The molecule has 3 aromatic carbocycles. The van der Waals surface area contributed by atoms with Gasteiger partial charge in [-0.15, -0.1) is 24.8 Å². The van der Waals surface area contributed by atoms with Crippen LogP contribution in [0.15, 0.2) is 84.9 Å². The Bertz CT molecular complexity index is 1230. The maximum absolute atomic E-state index is 13.8. The summed E-state index contributed by atoms with van der Waals surface area (Å²) in [4.78, 5) is 29.0. The molecule has 2 aliphatic rings. The van der Waals surface area contributed by atoms with E-state index in [1.807, 2.05) is 72.8 Å². The number of nitrogens with zero attached hydrogens (tertiary/aromatic N) is 1. The van der Waals surface area contributed by atoms with Crippen LogP contribution in [0.1, 0.15) is 41.0 Å². The van der Waals surface area contributed by atoms with E-state index in [-0.39, 0.29) is 54.3 Å². The van der Waals surface area contributed by atoms with Gasteiger partial charge in [-0.2, -0.15) is 0 Å². The second-order valence-corrected chi connectivity index (χ2v) is 9.72. The van der Waals surface area contributed by atoms with E-state index >= 15 is 0 Å². The summed E-state index contributed by atoms with van der Waals surface area (Å²) in [5.41, 5.74) is 14.9. The molecule has 2 amide bonds. The standard InChI is InChI=1S/C29H31N5O2.2ClH/c30-25(24(20-7-3-1-4-8-20)21-9-5-2-6-10-21)27(35)34-16-15-23-17-29(23,34)28(36)33-18-19-11-13-22(14-12-19)26(31)32;;/h1-14,23-25H,15-18,30H2,(H3,31,32)(H,33,36);2*1H/t23-,25-,29+;;/m1../s1. The predicted octanol–water partition coefficient (Wildman–Crippen LogP) is 3.58. The van der Waals surface area contributed by atoms with Crippen molar-refractivity contribution in [2.24, 2.45) is 17.4 Å². The number of carbonyl (C=O) groups excluding carboxylic acids is 2. The number of amidine groups is 1. The van der Waals surface area contributed by atoms with Crippen molar-refractivity contribution in [1.29, 1.82) is 5.41 Å². The molecule has 1 saturated heterocycles. The van der Waals surface area contributed by atoms with Gasteiger partial charge in [0.15, 0.2) is 0 Å². The molecule has 0 unspecified atom stereocenters. The summed E-state index contributed by atoms with van der Waals surface area (Å²) >= 11 is 0. The number of nitrogens with two attached hydrogens (primary N) is 2. The van der Waals surface area contributed by atoms with Crippen molar-refractivity contribution in [2.45, 2.75) is 36.9 Å². The van der Waals surface area contributed by atoms with E-state index in [4.69, 9.17) is 16.9 Å². The smallest absolute Gasteiger partial charge is 0.246 e. The Labute approximate surface area is 235 Å². The topological polar surface area (TPSA) is 125 Å². The fraction of sp³-hybridized carbons (Fsp3) is 0.276. The van der Waals surface area contributed by atoms with Gasteiger partial charge in [0.05, 0.1) is 6.04 Å². The van der Waals surface area contributed by atoms with Crippen LogP contribution in [0.3, 0.4) is 0 Å². The van der Waals surface area contributed by atoms with Gasteiger partial charge in [0, 0.05) is 24.6 Å². The van der Waals surface area contributed by atoms with Crippen molar-refractivity contribution in [3.63, 3.8) is 0 Å². The molecule has 38 heavy (non-hydrogen) atoms. The highest BCUT2D eigenvalue weighted by Crippen LogP contribution is 2.56. The van der Waals surface area contributed by atoms with Crippen molar-refractivity contribution >= 4 is 42.5 Å². The van der Waals surface area contributed by atoms with Gasteiger partial charge in [-0.3, -0.25) is 15.0 Å². The molecule has 0 spiro atoms. The molecule has 6 N–H and O–H groups in total. The molecular formula is C29H33Cl2N5O2. The SMILES string of the molecule is Cl.Cl.N=C(N)c1ccc(CNC(=O)[C@]23C[C@H]2CCN3C(=O)[C@H](N)C(c2ccccc2)c2ccccc2)cc1. The number of fused-ring (bicyclic) bond motifs is 1. The summed E-state index contributed by atoms with van der Waals surface area (Å²) < 4.78 is 0. The number of likely N-dealkylation sites (tertiary alicyclic amines) is 1. The van der Waals surface area contributed by atoms with Crippen LogP contribution in [0, 0.1) is 11.3 Å². The van der Waals surface area contributed by atoms with Gasteiger partial charge >= 0.3 is 0 Å². The molecule has 0 aromatic heterocycles. The van der Waals surface area contributed by atoms with Crippen LogP contribution in [-0.2, 0) is 16.1 Å². The molecule has 3 aromatic rings. The highest BCUT2D eigenvalue weighted by Gasteiger charge is 2.68. The Morgan fingerprint density at radius 1 is 0.947 bits per heavy atom. The molecule has 3 atom stereocenters. The maximum Gasteiger partial charge on any atom is 0.246 e. The van der Waals surface area contributed by atoms with Gasteiger partial charge in [-0.1, -0.05) is 84.9 Å². The van der Waals surface area contributed by atoms with Crippen LogP contribution in [0.2, 0.25) is 0 Å². The first-order chi connectivity index (χ1) is 17.4. The lowest BCUT2D eigenvalue weighted by atomic mass is 9.84. The summed E-state index contributed by atoms with van der Waals surface area (Å²) in [6, 6.07) is 26.1. The maximum atomic E-state index is 13.8. The molecule has 0 radical (unpaired) electrons. The highest BCUT2D eigenvalue weighted by atomic mass is 35.5. The van der Waals surface area contributed by atoms with Gasteiger partial charge in [0.25, 0.3) is 0 Å². The van der Waals surface area contributed by atoms with Crippen LogP contribution < -0.4 is 16.8 Å². The van der Waals surface area contributed by atoms with Gasteiger partial charge in [-0.25, -0.2) is 0 Å². The van der Waals surface area contributed by atoms with Crippen molar-refractivity contribution < 1.29 is 9.59 Å². The predicted molar refractivity (Wildman–Crippen MR) is 154 cm³/mol. The lowest BCUT2D eigenvalue weighted by Crippen LogP contribution is -2.55. The van der Waals surface area contributed by atoms with Gasteiger partial charge < -0.3 is 21.7 Å². The van der Waals surface area contributed by atoms with E-state index in [0.717, 1.165) is 23.1 Å². The first-order valence-electron chi connectivity index (χ1n) is 12.3. The Morgan fingerprint density at radius 2 is 1.50 bits per heavy atom. The average Bonchev–Trinajstić information content (AvgIpc) is 3.53. The zero-order chi connectivity index (χ0) is 25.3. The number of amides is 2. The number of piperidine rings is 1. The summed E-state index contributed by atoms with van der Waals surface area (Å²) in [5.74, 6) is -0.449. The second kappa shape index (κ2) is 12.0. The molecule has 1 aliphatic heterocycles. The summed E-state index contributed by atoms with van der Waals surface area (Å²) in [5, 5.41) is 10.5. The zero-order valence-corrected chi connectivity index (χ0v) is 22.5. The zero-order valence-electron chi connectivity index (χ0n) is 20.9. The summed E-state index contributed by atoms with van der Waals surface area (Å²) in [6.45, 7) is 0.879. The van der Waals surface area contributed by atoms with Crippen molar-refractivity contribution in [3.8, 4) is 0 Å². The van der Waals surface area contributed by atoms with Crippen molar-refractivity contribution in [2.75, 3.05) is 6.54 Å². The minimum atomic E-state index is -0.814. The molecule has 5 rings (SSSR count). The van der Waals surface area contributed by atoms with Crippen LogP contribution in [0.5, 0.6) is 0 Å². The number of nitrogens with one attached hydrogen (secondary N) is 2. The monoisotopic (exact) mass is 553 g/mol. The Kier molecular flexibility index (Phi) is 9.20. The van der Waals surface area contributed by atoms with Gasteiger partial charge in [0.1, 0.15) is 11.4 Å². The third kappa shape index (κ3) is 5.41. The molecule has 1 aliphatic carbocycles. The molecule has 9 heteroatoms. The number of hydrogen-bond donors (Lipinski definition) is 4. The lowest BCUT2D eigenvalue weighted by molar-refractivity contribution is -0.142. The number of hydrogen-bond acceptors (Lipinski definition) is 4. The van der Waals surface area contributed by atoms with Gasteiger partial charge in [0.2, 0.25) is 11.8 Å². The van der Waals surface area contributed by atoms with Gasteiger partial charge in [-0.05, 0) is 35.4 Å². The second-order valence-electron chi connectivity index (χ2n) is 9.72. The van der Waals surface area contributed by atoms with E-state index in [9.17, 15) is 9.59 Å². The summed E-state index contributed by atoms with van der Waals surface area (Å²) in [7, 11) is 0. The minimum absolute atomic E-state index is 0. The van der Waals surface area contributed by atoms with E-state index in [0.29, 0.717) is 25.1 Å². The Hall–Kier alpha value is -3.39. The van der Waals surface area contributed by atoms with Crippen molar-refractivity contribution in [3.05, 3.63) is 107 Å². The first kappa shape index (κ1) is 29.2. The number of halogens is 2.